The van der Waals surface area contributed by atoms with Crippen LogP contribution in [0.25, 0.3) is 11.0 Å². The zero-order valence-corrected chi connectivity index (χ0v) is 16.1. The summed E-state index contributed by atoms with van der Waals surface area (Å²) in [5, 5.41) is 15.9. The summed E-state index contributed by atoms with van der Waals surface area (Å²) >= 11 is 0. The first kappa shape index (κ1) is 18.8. The molecule has 29 heavy (non-hydrogen) atoms. The van der Waals surface area contributed by atoms with Crippen molar-refractivity contribution in [3.05, 3.63) is 46.6 Å². The average Bonchev–Trinajstić information content (AvgIpc) is 2.73. The van der Waals surface area contributed by atoms with Gasteiger partial charge in [0.25, 0.3) is 5.56 Å². The molecular formula is C20H22N8O. The van der Waals surface area contributed by atoms with Gasteiger partial charge in [-0.1, -0.05) is 0 Å². The quantitative estimate of drug-likeness (QED) is 0.616. The Morgan fingerprint density at radius 3 is 2.76 bits per heavy atom. The third kappa shape index (κ3) is 4.02. The van der Waals surface area contributed by atoms with Crippen molar-refractivity contribution in [3.63, 3.8) is 0 Å². The SMILES string of the molecule is Cn1c(=O)ccc2nc(Nc3cnc(C#N)c(NC4CCC(N)CC4)c3)ncc21. The number of aryl methyl sites for hydroxylation is 1. The van der Waals surface area contributed by atoms with Crippen LogP contribution in [0.3, 0.4) is 0 Å². The molecule has 1 saturated carbocycles. The summed E-state index contributed by atoms with van der Waals surface area (Å²) in [6.07, 6.45) is 7.06. The molecule has 4 N–H and O–H groups in total. The molecule has 3 aromatic heterocycles. The van der Waals surface area contributed by atoms with Crippen LogP contribution in [0.15, 0.2) is 35.4 Å². The van der Waals surface area contributed by atoms with E-state index < -0.39 is 0 Å². The average molecular weight is 390 g/mol. The number of nitrogens with one attached hydrogen (secondary N) is 2. The molecule has 0 aromatic carbocycles. The van der Waals surface area contributed by atoms with Gasteiger partial charge in [-0.15, -0.1) is 0 Å². The van der Waals surface area contributed by atoms with Crippen molar-refractivity contribution < 1.29 is 0 Å². The fourth-order valence-corrected chi connectivity index (χ4v) is 3.56. The zero-order chi connectivity index (χ0) is 20.4. The van der Waals surface area contributed by atoms with Crippen molar-refractivity contribution in [2.24, 2.45) is 12.8 Å². The van der Waals surface area contributed by atoms with Gasteiger partial charge in [-0.05, 0) is 37.8 Å². The van der Waals surface area contributed by atoms with E-state index in [4.69, 9.17) is 5.73 Å². The molecule has 3 heterocycles. The van der Waals surface area contributed by atoms with Crippen molar-refractivity contribution in [2.45, 2.75) is 37.8 Å². The second kappa shape index (κ2) is 7.85. The van der Waals surface area contributed by atoms with Gasteiger partial charge in [0.2, 0.25) is 5.95 Å². The molecule has 0 bridgehead atoms. The van der Waals surface area contributed by atoms with E-state index >= 15 is 0 Å². The highest BCUT2D eigenvalue weighted by Gasteiger charge is 2.19. The number of nitrogens with zero attached hydrogens (tertiary/aromatic N) is 5. The van der Waals surface area contributed by atoms with Gasteiger partial charge in [0.05, 0.1) is 34.8 Å². The Morgan fingerprint density at radius 1 is 1.21 bits per heavy atom. The van der Waals surface area contributed by atoms with E-state index in [0.717, 1.165) is 25.7 Å². The molecule has 0 amide bonds. The number of aromatic nitrogens is 4. The normalized spacial score (nSPS) is 18.9. The number of nitrogens with two attached hydrogens (primary N) is 1. The summed E-state index contributed by atoms with van der Waals surface area (Å²) in [6, 6.07) is 7.65. The molecule has 0 saturated heterocycles. The molecule has 3 aromatic rings. The molecule has 9 heteroatoms. The predicted molar refractivity (Wildman–Crippen MR) is 111 cm³/mol. The first-order valence-corrected chi connectivity index (χ1v) is 9.55. The van der Waals surface area contributed by atoms with Gasteiger partial charge in [-0.25, -0.2) is 15.0 Å². The first-order valence-electron chi connectivity index (χ1n) is 9.55. The Hall–Kier alpha value is -3.51. The molecule has 1 aliphatic rings. The van der Waals surface area contributed by atoms with Crippen molar-refractivity contribution >= 4 is 28.4 Å². The van der Waals surface area contributed by atoms with Gasteiger partial charge in [0.15, 0.2) is 5.69 Å². The summed E-state index contributed by atoms with van der Waals surface area (Å²) < 4.78 is 1.50. The number of hydrogen-bond acceptors (Lipinski definition) is 8. The molecular weight excluding hydrogens is 368 g/mol. The topological polar surface area (TPSA) is 135 Å². The first-order chi connectivity index (χ1) is 14.0. The lowest BCUT2D eigenvalue weighted by Crippen LogP contribution is -2.33. The van der Waals surface area contributed by atoms with Crippen LogP contribution in [0.1, 0.15) is 31.4 Å². The fraction of sp³-hybridized carbons (Fsp3) is 0.350. The van der Waals surface area contributed by atoms with Crippen LogP contribution in [0.2, 0.25) is 0 Å². The van der Waals surface area contributed by atoms with Gasteiger partial charge in [0, 0.05) is 25.2 Å². The third-order valence-corrected chi connectivity index (χ3v) is 5.25. The van der Waals surface area contributed by atoms with E-state index in [2.05, 4.69) is 31.7 Å². The number of anilines is 3. The van der Waals surface area contributed by atoms with Crippen LogP contribution in [0, 0.1) is 11.3 Å². The summed E-state index contributed by atoms with van der Waals surface area (Å²) in [5.74, 6) is 0.386. The number of rotatable bonds is 4. The standard InChI is InChI=1S/C20H22N8O/c1-28-18-11-24-20(27-15(18)6-7-19(28)29)26-14-8-16(17(9-21)23-10-14)25-13-4-2-12(22)3-5-13/h6-8,10-13,25H,2-5,22H2,1H3,(H,24,26,27). The molecule has 0 unspecified atom stereocenters. The Kier molecular flexibility index (Phi) is 5.10. The van der Waals surface area contributed by atoms with Gasteiger partial charge >= 0.3 is 0 Å². The molecule has 148 valence electrons. The minimum atomic E-state index is -0.113. The maximum absolute atomic E-state index is 11.7. The second-order valence-corrected chi connectivity index (χ2v) is 7.31. The molecule has 0 radical (unpaired) electrons. The van der Waals surface area contributed by atoms with Crippen LogP contribution in [0.4, 0.5) is 17.3 Å². The maximum atomic E-state index is 11.7. The number of hydrogen-bond donors (Lipinski definition) is 3. The largest absolute Gasteiger partial charge is 0.380 e. The second-order valence-electron chi connectivity index (χ2n) is 7.31. The number of fused-ring (bicyclic) bond motifs is 1. The van der Waals surface area contributed by atoms with E-state index in [-0.39, 0.29) is 17.6 Å². The zero-order valence-electron chi connectivity index (χ0n) is 16.1. The molecule has 1 fully saturated rings. The van der Waals surface area contributed by atoms with Gasteiger partial charge in [-0.3, -0.25) is 4.79 Å². The summed E-state index contributed by atoms with van der Waals surface area (Å²) in [5.41, 5.74) is 8.87. The number of pyridine rings is 2. The highest BCUT2D eigenvalue weighted by molar-refractivity contribution is 5.75. The lowest BCUT2D eigenvalue weighted by molar-refractivity contribution is 0.411. The monoisotopic (exact) mass is 390 g/mol. The Balaban J connectivity index is 1.57. The van der Waals surface area contributed by atoms with Crippen LogP contribution in [0.5, 0.6) is 0 Å². The summed E-state index contributed by atoms with van der Waals surface area (Å²) in [7, 11) is 1.68. The molecule has 4 rings (SSSR count). The van der Waals surface area contributed by atoms with Crippen LogP contribution >= 0.6 is 0 Å². The molecule has 0 spiro atoms. The van der Waals surface area contributed by atoms with Crippen molar-refractivity contribution in [2.75, 3.05) is 10.6 Å². The smallest absolute Gasteiger partial charge is 0.250 e. The van der Waals surface area contributed by atoms with Crippen molar-refractivity contribution in [3.8, 4) is 6.07 Å². The Labute approximate surface area is 167 Å². The Morgan fingerprint density at radius 2 is 2.00 bits per heavy atom. The third-order valence-electron chi connectivity index (χ3n) is 5.25. The lowest BCUT2D eigenvalue weighted by Gasteiger charge is -2.27. The van der Waals surface area contributed by atoms with E-state index in [0.29, 0.717) is 34.1 Å². The minimum Gasteiger partial charge on any atom is -0.380 e. The highest BCUT2D eigenvalue weighted by atomic mass is 16.1. The summed E-state index contributed by atoms with van der Waals surface area (Å²) in [4.78, 5) is 24.7. The predicted octanol–water partition coefficient (Wildman–Crippen LogP) is 2.02. The van der Waals surface area contributed by atoms with Crippen molar-refractivity contribution in [1.29, 1.82) is 5.26 Å². The molecule has 0 aliphatic heterocycles. The van der Waals surface area contributed by atoms with Crippen molar-refractivity contribution in [1.82, 2.24) is 19.5 Å². The van der Waals surface area contributed by atoms with Gasteiger partial charge < -0.3 is 20.9 Å². The lowest BCUT2D eigenvalue weighted by atomic mass is 9.91. The van der Waals surface area contributed by atoms with Gasteiger partial charge in [0.1, 0.15) is 6.07 Å². The fourth-order valence-electron chi connectivity index (χ4n) is 3.56. The highest BCUT2D eigenvalue weighted by Crippen LogP contribution is 2.25. The number of nitriles is 1. The molecule has 9 nitrogen and oxygen atoms in total. The van der Waals surface area contributed by atoms with E-state index in [9.17, 15) is 10.1 Å². The van der Waals surface area contributed by atoms with Crippen LogP contribution in [-0.2, 0) is 7.05 Å². The van der Waals surface area contributed by atoms with Crippen LogP contribution in [-0.4, -0.2) is 31.6 Å². The summed E-state index contributed by atoms with van der Waals surface area (Å²) in [6.45, 7) is 0. The van der Waals surface area contributed by atoms with E-state index in [1.54, 1.807) is 25.5 Å². The molecule has 0 atom stereocenters. The van der Waals surface area contributed by atoms with E-state index in [1.807, 2.05) is 6.07 Å². The van der Waals surface area contributed by atoms with Gasteiger partial charge in [-0.2, -0.15) is 5.26 Å². The maximum Gasteiger partial charge on any atom is 0.250 e. The minimum absolute atomic E-state index is 0.113. The van der Waals surface area contributed by atoms with E-state index in [1.165, 1.54) is 10.6 Å². The van der Waals surface area contributed by atoms with Crippen LogP contribution < -0.4 is 21.9 Å². The molecule has 1 aliphatic carbocycles. The Bertz CT molecular complexity index is 1140.